The van der Waals surface area contributed by atoms with Crippen LogP contribution in [0, 0.1) is 6.92 Å². The van der Waals surface area contributed by atoms with Gasteiger partial charge in [0, 0.05) is 22.5 Å². The molecule has 0 saturated carbocycles. The minimum atomic E-state index is 0.0104. The molecule has 1 heterocycles. The summed E-state index contributed by atoms with van der Waals surface area (Å²) in [6.45, 7) is 2.08. The van der Waals surface area contributed by atoms with Gasteiger partial charge in [0.25, 0.3) is 5.56 Å². The summed E-state index contributed by atoms with van der Waals surface area (Å²) in [5, 5.41) is 9.17. The molecular formula is C36H28ClNO. The van der Waals surface area contributed by atoms with E-state index in [-0.39, 0.29) is 5.56 Å². The van der Waals surface area contributed by atoms with Gasteiger partial charge >= 0.3 is 0 Å². The summed E-state index contributed by atoms with van der Waals surface area (Å²) in [4.78, 5) is 14.3. The first-order chi connectivity index (χ1) is 19.2. The molecule has 6 aromatic carbocycles. The monoisotopic (exact) mass is 525 g/mol. The number of hydrogen-bond acceptors (Lipinski definition) is 1. The van der Waals surface area contributed by atoms with Crippen LogP contribution in [0.2, 0.25) is 0 Å². The zero-order valence-electron chi connectivity index (χ0n) is 21.9. The van der Waals surface area contributed by atoms with Gasteiger partial charge in [-0.1, -0.05) is 90.5 Å². The molecule has 0 bridgehead atoms. The summed E-state index contributed by atoms with van der Waals surface area (Å²) in [5.74, 6) is 0.629. The molecule has 0 aliphatic carbocycles. The number of rotatable bonds is 6. The van der Waals surface area contributed by atoms with E-state index in [4.69, 9.17) is 11.6 Å². The number of pyridine rings is 1. The fraction of sp³-hybridized carbons (Fsp3) is 0.139. The van der Waals surface area contributed by atoms with Gasteiger partial charge in [0.1, 0.15) is 0 Å². The molecule has 0 atom stereocenters. The van der Waals surface area contributed by atoms with Crippen LogP contribution in [0.15, 0.2) is 108 Å². The third kappa shape index (κ3) is 3.82. The van der Waals surface area contributed by atoms with E-state index < -0.39 is 0 Å². The first-order valence-electron chi connectivity index (χ1n) is 13.6. The number of benzene rings is 6. The standard InChI is InChI=1S/C36H28ClNO/c1-23-12-18-27(19-13-23)38-35(30(10-4-5-22-37)28-9-2-3-11-32(28)36(38)39)31-21-17-26-15-14-24-7-6-8-25-16-20-29(31)34(26)33(24)25/h2-3,6-9,11-21H,4-5,10,22H2,1H3. The number of aromatic nitrogens is 1. The lowest BCUT2D eigenvalue weighted by Gasteiger charge is -2.22. The van der Waals surface area contributed by atoms with Gasteiger partial charge in [-0.05, 0) is 87.7 Å². The first kappa shape index (κ1) is 23.9. The van der Waals surface area contributed by atoms with E-state index in [2.05, 4.69) is 91.9 Å². The Morgan fingerprint density at radius 3 is 2.05 bits per heavy atom. The summed E-state index contributed by atoms with van der Waals surface area (Å²) >= 11 is 6.12. The van der Waals surface area contributed by atoms with Crippen LogP contribution >= 0.6 is 11.6 Å². The van der Waals surface area contributed by atoms with Crippen molar-refractivity contribution in [1.82, 2.24) is 4.57 Å². The van der Waals surface area contributed by atoms with Crippen molar-refractivity contribution in [1.29, 1.82) is 0 Å². The lowest BCUT2D eigenvalue weighted by atomic mass is 9.88. The largest absolute Gasteiger partial charge is 0.276 e. The lowest BCUT2D eigenvalue weighted by molar-refractivity contribution is 0.797. The van der Waals surface area contributed by atoms with Crippen molar-refractivity contribution in [3.8, 4) is 16.9 Å². The Kier molecular flexibility index (Phi) is 5.86. The Labute approximate surface area is 232 Å². The molecule has 0 aliphatic heterocycles. The Morgan fingerprint density at radius 2 is 1.31 bits per heavy atom. The molecule has 7 aromatic rings. The third-order valence-electron chi connectivity index (χ3n) is 8.08. The molecule has 0 saturated heterocycles. The van der Waals surface area contributed by atoms with E-state index in [1.54, 1.807) is 0 Å². The number of halogens is 1. The summed E-state index contributed by atoms with van der Waals surface area (Å²) in [6, 6.07) is 36.1. The third-order valence-corrected chi connectivity index (χ3v) is 8.35. The molecule has 7 rings (SSSR count). The van der Waals surface area contributed by atoms with Gasteiger partial charge < -0.3 is 0 Å². The molecule has 0 amide bonds. The van der Waals surface area contributed by atoms with Crippen molar-refractivity contribution in [2.24, 2.45) is 0 Å². The number of unbranched alkanes of at least 4 members (excludes halogenated alkanes) is 1. The quantitative estimate of drug-likeness (QED) is 0.120. The van der Waals surface area contributed by atoms with Crippen molar-refractivity contribution in [3.63, 3.8) is 0 Å². The van der Waals surface area contributed by atoms with Gasteiger partial charge in [-0.25, -0.2) is 0 Å². The minimum Gasteiger partial charge on any atom is -0.276 e. The van der Waals surface area contributed by atoms with Crippen molar-refractivity contribution < 1.29 is 0 Å². The van der Waals surface area contributed by atoms with E-state index in [0.29, 0.717) is 5.88 Å². The van der Waals surface area contributed by atoms with Crippen LogP contribution in [0.3, 0.4) is 0 Å². The summed E-state index contributed by atoms with van der Waals surface area (Å²) in [7, 11) is 0. The maximum absolute atomic E-state index is 14.3. The van der Waals surface area contributed by atoms with Crippen LogP contribution in [0.4, 0.5) is 0 Å². The second kappa shape index (κ2) is 9.55. The van der Waals surface area contributed by atoms with E-state index in [1.807, 2.05) is 22.8 Å². The lowest BCUT2D eigenvalue weighted by Crippen LogP contribution is -2.22. The van der Waals surface area contributed by atoms with Crippen LogP contribution in [-0.4, -0.2) is 10.4 Å². The molecule has 0 spiro atoms. The highest BCUT2D eigenvalue weighted by atomic mass is 35.5. The fourth-order valence-corrected chi connectivity index (χ4v) is 6.42. The Balaban J connectivity index is 1.66. The molecule has 3 heteroatoms. The highest BCUT2D eigenvalue weighted by Gasteiger charge is 2.22. The number of hydrogen-bond donors (Lipinski definition) is 0. The number of alkyl halides is 1. The van der Waals surface area contributed by atoms with Crippen molar-refractivity contribution in [2.45, 2.75) is 26.2 Å². The molecular weight excluding hydrogens is 498 g/mol. The number of fused-ring (bicyclic) bond motifs is 1. The SMILES string of the molecule is Cc1ccc(-n2c(-c3ccc4ccc5cccc6ccc3c4c56)c(CCCCCl)c3ccccc3c2=O)cc1. The zero-order valence-corrected chi connectivity index (χ0v) is 22.6. The highest BCUT2D eigenvalue weighted by Crippen LogP contribution is 2.41. The van der Waals surface area contributed by atoms with Crippen LogP contribution < -0.4 is 5.56 Å². The summed E-state index contributed by atoms with van der Waals surface area (Å²) < 4.78 is 1.95. The normalized spacial score (nSPS) is 11.8. The van der Waals surface area contributed by atoms with Crippen molar-refractivity contribution in [3.05, 3.63) is 125 Å². The second-order valence-corrected chi connectivity index (χ2v) is 10.8. The average molecular weight is 526 g/mol. The Hall–Kier alpha value is -4.14. The van der Waals surface area contributed by atoms with E-state index in [0.717, 1.165) is 47.0 Å². The first-order valence-corrected chi connectivity index (χ1v) is 14.2. The number of nitrogens with zero attached hydrogens (tertiary/aromatic N) is 1. The van der Waals surface area contributed by atoms with E-state index in [1.165, 1.54) is 43.4 Å². The maximum atomic E-state index is 14.3. The molecule has 0 N–H and O–H groups in total. The van der Waals surface area contributed by atoms with Crippen LogP contribution in [0.1, 0.15) is 24.0 Å². The Morgan fingerprint density at radius 1 is 0.641 bits per heavy atom. The minimum absolute atomic E-state index is 0.0104. The average Bonchev–Trinajstić information content (AvgIpc) is 2.98. The second-order valence-electron chi connectivity index (χ2n) is 10.5. The van der Waals surface area contributed by atoms with Gasteiger partial charge in [-0.3, -0.25) is 9.36 Å². The van der Waals surface area contributed by atoms with Gasteiger partial charge in [0.05, 0.1) is 5.69 Å². The zero-order chi connectivity index (χ0) is 26.5. The van der Waals surface area contributed by atoms with Crippen molar-refractivity contribution in [2.75, 3.05) is 5.88 Å². The van der Waals surface area contributed by atoms with Gasteiger partial charge in [0.15, 0.2) is 0 Å². The maximum Gasteiger partial charge on any atom is 0.263 e. The van der Waals surface area contributed by atoms with Gasteiger partial charge in [0.2, 0.25) is 0 Å². The molecule has 0 fully saturated rings. The fourth-order valence-electron chi connectivity index (χ4n) is 6.23. The molecule has 0 unspecified atom stereocenters. The smallest absolute Gasteiger partial charge is 0.263 e. The van der Waals surface area contributed by atoms with Gasteiger partial charge in [-0.15, -0.1) is 11.6 Å². The van der Waals surface area contributed by atoms with Crippen molar-refractivity contribution >= 4 is 54.7 Å². The molecule has 39 heavy (non-hydrogen) atoms. The van der Waals surface area contributed by atoms with E-state index >= 15 is 0 Å². The van der Waals surface area contributed by atoms with E-state index in [9.17, 15) is 4.79 Å². The topological polar surface area (TPSA) is 22.0 Å². The predicted molar refractivity (Wildman–Crippen MR) is 167 cm³/mol. The van der Waals surface area contributed by atoms with Crippen LogP contribution in [0.25, 0.3) is 60.0 Å². The Bertz CT molecular complexity index is 2040. The molecule has 1 aromatic heterocycles. The molecule has 0 aliphatic rings. The molecule has 0 radical (unpaired) electrons. The molecule has 190 valence electrons. The van der Waals surface area contributed by atoms with Gasteiger partial charge in [-0.2, -0.15) is 0 Å². The van der Waals surface area contributed by atoms with Crippen LogP contribution in [-0.2, 0) is 6.42 Å². The summed E-state index contributed by atoms with van der Waals surface area (Å²) in [6.07, 6.45) is 2.73. The van der Waals surface area contributed by atoms with Crippen LogP contribution in [0.5, 0.6) is 0 Å². The highest BCUT2D eigenvalue weighted by molar-refractivity contribution is 6.25. The summed E-state index contributed by atoms with van der Waals surface area (Å²) in [5.41, 5.74) is 5.33. The predicted octanol–water partition coefficient (Wildman–Crippen LogP) is 9.43. The number of aryl methyl sites for hydroxylation is 2. The molecule has 2 nitrogen and oxygen atoms in total.